The summed E-state index contributed by atoms with van der Waals surface area (Å²) < 4.78 is 5.89. The van der Waals surface area contributed by atoms with Crippen LogP contribution in [0, 0.1) is 0 Å². The molecule has 2 nitrogen and oxygen atoms in total. The van der Waals surface area contributed by atoms with Gasteiger partial charge in [-0.3, -0.25) is 0 Å². The monoisotopic (exact) mass is 872 g/mol. The fourth-order valence-corrected chi connectivity index (χ4v) is 12.8. The first kappa shape index (κ1) is 34.8. The molecule has 11 rings (SSSR count). The number of para-hydroxylation sites is 2. The molecular weight excluding hydrogens is 835 g/mol. The van der Waals surface area contributed by atoms with Crippen LogP contribution in [0.25, 0.3) is 60.8 Å². The number of anilines is 6. The zero-order chi connectivity index (χ0) is 38.4. The molecule has 0 aliphatic carbocycles. The van der Waals surface area contributed by atoms with Crippen LogP contribution < -0.4 is 9.80 Å². The van der Waals surface area contributed by atoms with Gasteiger partial charge >= 0.3 is 340 Å². The van der Waals surface area contributed by atoms with Crippen molar-refractivity contribution in [1.29, 1.82) is 0 Å². The molecule has 0 aliphatic rings. The van der Waals surface area contributed by atoms with E-state index in [4.69, 9.17) is 0 Å². The molecule has 0 unspecified atom stereocenters. The van der Waals surface area contributed by atoms with Crippen molar-refractivity contribution in [2.24, 2.45) is 0 Å². The molecule has 0 atom stereocenters. The number of hydrogen-bond donors (Lipinski definition) is 0. The maximum atomic E-state index is 2.38. The molecular formula is C54H36N2Se2. The van der Waals surface area contributed by atoms with E-state index in [1.807, 2.05) is 0 Å². The summed E-state index contributed by atoms with van der Waals surface area (Å²) in [4.78, 5) is 4.68. The van der Waals surface area contributed by atoms with E-state index < -0.39 is 0 Å². The van der Waals surface area contributed by atoms with Crippen LogP contribution in [0.4, 0.5) is 34.1 Å². The van der Waals surface area contributed by atoms with Crippen molar-refractivity contribution >= 4 is 102 Å². The van der Waals surface area contributed by atoms with Gasteiger partial charge in [0.05, 0.1) is 0 Å². The molecule has 2 heterocycles. The van der Waals surface area contributed by atoms with E-state index in [-0.39, 0.29) is 0 Å². The SMILES string of the molecule is c1ccc(N(c2ccc(-c3ccc4[se]c5ccccc5c4c3)cc2)c2ccc(N(c3ccccc3)c3ccc(-c4ccc5[se]c6ccccc6c5c4)cc3)cc2)cc1. The summed E-state index contributed by atoms with van der Waals surface area (Å²) in [7, 11) is 0. The molecule has 0 saturated carbocycles. The molecule has 0 spiro atoms. The number of nitrogens with zero attached hydrogens (tertiary/aromatic N) is 2. The van der Waals surface area contributed by atoms with Crippen molar-refractivity contribution in [3.63, 3.8) is 0 Å². The Morgan fingerprint density at radius 2 is 0.517 bits per heavy atom. The summed E-state index contributed by atoms with van der Waals surface area (Å²) in [6, 6.07) is 80.0. The molecule has 9 aromatic carbocycles. The van der Waals surface area contributed by atoms with Gasteiger partial charge in [0.1, 0.15) is 0 Å². The van der Waals surface area contributed by atoms with Crippen LogP contribution in [0.15, 0.2) is 218 Å². The van der Waals surface area contributed by atoms with Crippen molar-refractivity contribution in [2.45, 2.75) is 0 Å². The van der Waals surface area contributed by atoms with Crippen LogP contribution in [-0.4, -0.2) is 29.0 Å². The maximum absolute atomic E-state index is 2.38. The van der Waals surface area contributed by atoms with Crippen molar-refractivity contribution < 1.29 is 0 Å². The van der Waals surface area contributed by atoms with Gasteiger partial charge in [-0.1, -0.05) is 12.1 Å². The fourth-order valence-electron chi connectivity index (χ4n) is 8.22. The molecule has 0 saturated heterocycles. The normalized spacial score (nSPS) is 11.4. The molecule has 2 aromatic heterocycles. The molecule has 4 heteroatoms. The van der Waals surface area contributed by atoms with Crippen LogP contribution in [0.5, 0.6) is 0 Å². The molecule has 0 amide bonds. The first-order chi connectivity index (χ1) is 28.7. The average molecular weight is 871 g/mol. The van der Waals surface area contributed by atoms with Crippen molar-refractivity contribution in [2.75, 3.05) is 9.80 Å². The van der Waals surface area contributed by atoms with E-state index in [1.54, 1.807) is 0 Å². The van der Waals surface area contributed by atoms with Gasteiger partial charge in [-0.2, -0.15) is 0 Å². The van der Waals surface area contributed by atoms with Crippen LogP contribution >= 0.6 is 0 Å². The first-order valence-corrected chi connectivity index (χ1v) is 23.0. The van der Waals surface area contributed by atoms with Gasteiger partial charge in [-0.25, -0.2) is 0 Å². The van der Waals surface area contributed by atoms with Crippen LogP contribution in [-0.2, 0) is 0 Å². The molecule has 11 aromatic rings. The molecule has 0 radical (unpaired) electrons. The quantitative estimate of drug-likeness (QED) is 0.140. The Balaban J connectivity index is 0.921. The molecule has 0 aliphatic heterocycles. The van der Waals surface area contributed by atoms with Crippen LogP contribution in [0.1, 0.15) is 0 Å². The Morgan fingerprint density at radius 3 is 0.914 bits per heavy atom. The summed E-state index contributed by atoms with van der Waals surface area (Å²) in [5.41, 5.74) is 11.6. The van der Waals surface area contributed by atoms with Crippen molar-refractivity contribution in [1.82, 2.24) is 0 Å². The van der Waals surface area contributed by atoms with Gasteiger partial charge in [0.2, 0.25) is 0 Å². The van der Waals surface area contributed by atoms with E-state index in [0.717, 1.165) is 34.1 Å². The van der Waals surface area contributed by atoms with Crippen LogP contribution in [0.3, 0.4) is 0 Å². The fraction of sp³-hybridized carbons (Fsp3) is 0. The van der Waals surface area contributed by atoms with Gasteiger partial charge in [-0.15, -0.1) is 0 Å². The standard InChI is InChI=1S/C54H36N2Se2/c1-3-11-41(12-4-1)55(43-25-19-37(20-26-43)39-23-33-53-49(35-39)47-15-7-9-17-51(47)57-53)45-29-31-46(32-30-45)56(42-13-5-2-6-14-42)44-27-21-38(22-28-44)40-24-34-54-50(36-40)48-16-8-10-18-52(48)58-54/h1-36H. The third-order valence-corrected chi connectivity index (χ3v) is 15.9. The topological polar surface area (TPSA) is 6.48 Å². The summed E-state index contributed by atoms with van der Waals surface area (Å²) in [5, 5.41) is 5.55. The summed E-state index contributed by atoms with van der Waals surface area (Å²) >= 11 is 0.750. The summed E-state index contributed by atoms with van der Waals surface area (Å²) in [6.45, 7) is 0. The van der Waals surface area contributed by atoms with E-state index in [1.165, 1.54) is 60.8 Å². The molecule has 274 valence electrons. The van der Waals surface area contributed by atoms with Gasteiger partial charge in [0.25, 0.3) is 0 Å². The molecule has 0 N–H and O–H groups in total. The zero-order valence-corrected chi connectivity index (χ0v) is 34.9. The van der Waals surface area contributed by atoms with Gasteiger partial charge in [-0.05, 0) is 0 Å². The average Bonchev–Trinajstić information content (AvgIpc) is 3.86. The van der Waals surface area contributed by atoms with Crippen LogP contribution in [0.2, 0.25) is 0 Å². The predicted octanol–water partition coefficient (Wildman–Crippen LogP) is 14.7. The summed E-state index contributed by atoms with van der Waals surface area (Å²) in [6.07, 6.45) is 0. The van der Waals surface area contributed by atoms with E-state index in [0.29, 0.717) is 29.0 Å². The third kappa shape index (κ3) is 6.38. The third-order valence-electron chi connectivity index (χ3n) is 11.1. The first-order valence-electron chi connectivity index (χ1n) is 19.6. The van der Waals surface area contributed by atoms with E-state index in [9.17, 15) is 0 Å². The Morgan fingerprint density at radius 1 is 0.224 bits per heavy atom. The number of rotatable bonds is 8. The Kier molecular flexibility index (Phi) is 8.92. The Bertz CT molecular complexity index is 2980. The second-order valence-corrected chi connectivity index (χ2v) is 19.1. The molecule has 0 fully saturated rings. The number of benzene rings is 9. The van der Waals surface area contributed by atoms with E-state index >= 15 is 0 Å². The second kappa shape index (κ2) is 14.8. The second-order valence-electron chi connectivity index (χ2n) is 14.6. The van der Waals surface area contributed by atoms with Gasteiger partial charge in [0, 0.05) is 0 Å². The van der Waals surface area contributed by atoms with Gasteiger partial charge < -0.3 is 0 Å². The number of hydrogen-bond acceptors (Lipinski definition) is 2. The zero-order valence-electron chi connectivity index (χ0n) is 31.5. The minimum atomic E-state index is 0.375. The molecule has 0 bridgehead atoms. The van der Waals surface area contributed by atoms with Crippen molar-refractivity contribution in [3.8, 4) is 22.3 Å². The summed E-state index contributed by atoms with van der Waals surface area (Å²) in [5.74, 6) is 0. The Hall–Kier alpha value is -6.38. The van der Waals surface area contributed by atoms with E-state index in [2.05, 4.69) is 228 Å². The minimum absolute atomic E-state index is 0.375. The predicted molar refractivity (Wildman–Crippen MR) is 251 cm³/mol. The Labute approximate surface area is 350 Å². The number of fused-ring (bicyclic) bond motifs is 6. The van der Waals surface area contributed by atoms with Crippen molar-refractivity contribution in [3.05, 3.63) is 218 Å². The van der Waals surface area contributed by atoms with Gasteiger partial charge in [0.15, 0.2) is 0 Å². The molecule has 58 heavy (non-hydrogen) atoms.